The highest BCUT2D eigenvalue weighted by atomic mass is 16.7. The first-order valence-electron chi connectivity index (χ1n) is 8.83. The van der Waals surface area contributed by atoms with Gasteiger partial charge in [0.2, 0.25) is 5.91 Å². The van der Waals surface area contributed by atoms with Crippen LogP contribution in [0.4, 0.5) is 0 Å². The van der Waals surface area contributed by atoms with E-state index in [1.165, 1.54) is 6.42 Å². The molecule has 1 aliphatic heterocycles. The van der Waals surface area contributed by atoms with E-state index in [1.54, 1.807) is 4.90 Å². The number of amides is 1. The molecule has 2 unspecified atom stereocenters. The second-order valence-corrected chi connectivity index (χ2v) is 8.17. The number of carbonyl (C=O) groups is 1. The number of nitrogens with zero attached hydrogens (tertiary/aromatic N) is 2. The molecule has 1 saturated heterocycles. The molecule has 6 nitrogen and oxygen atoms in total. The van der Waals surface area contributed by atoms with Gasteiger partial charge < -0.3 is 10.0 Å². The fraction of sp³-hybridized carbons (Fsp3) is 0.882. The van der Waals surface area contributed by atoms with Crippen LogP contribution >= 0.6 is 0 Å². The molecule has 4 saturated carbocycles. The monoisotopic (exact) mass is 319 g/mol. The van der Waals surface area contributed by atoms with Gasteiger partial charge in [0.05, 0.1) is 17.3 Å². The molecule has 126 valence electrons. The molecule has 5 fully saturated rings. The van der Waals surface area contributed by atoms with Crippen molar-refractivity contribution in [2.45, 2.75) is 68.6 Å². The van der Waals surface area contributed by atoms with Crippen molar-refractivity contribution >= 4 is 5.91 Å². The number of hydrogen-bond donors (Lipinski definition) is 2. The zero-order chi connectivity index (χ0) is 16.1. The zero-order valence-electron chi connectivity index (χ0n) is 13.5. The number of nitrogens with one attached hydrogen (secondary N) is 1. The molecule has 5 atom stereocenters. The largest absolute Gasteiger partial charge is 0.390 e. The molecule has 0 aromatic heterocycles. The van der Waals surface area contributed by atoms with Gasteiger partial charge in [-0.25, -0.2) is 0 Å². The molecule has 0 aromatic carbocycles. The van der Waals surface area contributed by atoms with Crippen LogP contribution < -0.4 is 5.48 Å². The summed E-state index contributed by atoms with van der Waals surface area (Å²) in [6.07, 6.45) is 7.34. The molecule has 0 radical (unpaired) electrons. The molecule has 5 rings (SSSR count). The molecular weight excluding hydrogens is 294 g/mol. The topological polar surface area (TPSA) is 85.6 Å². The van der Waals surface area contributed by atoms with Crippen LogP contribution in [0, 0.1) is 23.2 Å². The number of hydrogen-bond acceptors (Lipinski definition) is 5. The van der Waals surface area contributed by atoms with Gasteiger partial charge in [-0.1, -0.05) is 0 Å². The summed E-state index contributed by atoms with van der Waals surface area (Å²) < 4.78 is 0. The van der Waals surface area contributed by atoms with E-state index in [4.69, 9.17) is 10.1 Å². The number of nitriles is 1. The second-order valence-electron chi connectivity index (χ2n) is 8.17. The Morgan fingerprint density at radius 2 is 2.09 bits per heavy atom. The van der Waals surface area contributed by atoms with Gasteiger partial charge in [0.25, 0.3) is 0 Å². The van der Waals surface area contributed by atoms with Crippen LogP contribution in [0.25, 0.3) is 0 Å². The van der Waals surface area contributed by atoms with E-state index in [1.807, 2.05) is 0 Å². The van der Waals surface area contributed by atoms with Crippen molar-refractivity contribution in [3.05, 3.63) is 0 Å². The van der Waals surface area contributed by atoms with E-state index in [0.717, 1.165) is 38.5 Å². The van der Waals surface area contributed by atoms with Gasteiger partial charge in [-0.05, 0) is 56.8 Å². The van der Waals surface area contributed by atoms with Crippen LogP contribution in [0.2, 0.25) is 0 Å². The van der Waals surface area contributed by atoms with Crippen LogP contribution in [-0.4, -0.2) is 46.2 Å². The van der Waals surface area contributed by atoms with Crippen LogP contribution in [0.1, 0.15) is 51.4 Å². The number of hydroxylamine groups is 1. The molecule has 0 aromatic rings. The summed E-state index contributed by atoms with van der Waals surface area (Å²) in [6.45, 7) is 0.765. The number of likely N-dealkylation sites (tertiary alicyclic amines) is 1. The minimum atomic E-state index is -0.559. The van der Waals surface area contributed by atoms with Gasteiger partial charge >= 0.3 is 0 Å². The summed E-state index contributed by atoms with van der Waals surface area (Å²) in [5.41, 5.74) is 2.00. The van der Waals surface area contributed by atoms with Crippen LogP contribution in [-0.2, 0) is 9.63 Å². The van der Waals surface area contributed by atoms with E-state index in [2.05, 4.69) is 11.5 Å². The maximum Gasteiger partial charge on any atom is 0.239 e. The average molecular weight is 319 g/mol. The van der Waals surface area contributed by atoms with Crippen molar-refractivity contribution in [3.63, 3.8) is 0 Å². The van der Waals surface area contributed by atoms with E-state index < -0.39 is 5.60 Å². The fourth-order valence-corrected chi connectivity index (χ4v) is 5.80. The van der Waals surface area contributed by atoms with E-state index in [-0.39, 0.29) is 24.1 Å². The smallest absolute Gasteiger partial charge is 0.239 e. The molecule has 23 heavy (non-hydrogen) atoms. The maximum atomic E-state index is 12.2. The lowest BCUT2D eigenvalue weighted by atomic mass is 9.52. The number of aliphatic hydroxyl groups is 1. The Kier molecular flexibility index (Phi) is 3.63. The van der Waals surface area contributed by atoms with E-state index >= 15 is 0 Å². The summed E-state index contributed by atoms with van der Waals surface area (Å²) in [6, 6.07) is 1.90. The Hall–Kier alpha value is -1.16. The normalized spacial score (nSPS) is 44.5. The van der Waals surface area contributed by atoms with Crippen molar-refractivity contribution in [3.8, 4) is 6.07 Å². The molecule has 4 aliphatic carbocycles. The Morgan fingerprint density at radius 3 is 2.74 bits per heavy atom. The van der Waals surface area contributed by atoms with Crippen molar-refractivity contribution in [1.29, 1.82) is 5.26 Å². The van der Waals surface area contributed by atoms with Crippen molar-refractivity contribution in [1.82, 2.24) is 10.4 Å². The Balaban J connectivity index is 1.33. The average Bonchev–Trinajstić information content (AvgIpc) is 2.92. The third-order valence-electron chi connectivity index (χ3n) is 6.21. The van der Waals surface area contributed by atoms with Crippen molar-refractivity contribution in [2.24, 2.45) is 11.8 Å². The van der Waals surface area contributed by atoms with E-state index in [9.17, 15) is 9.90 Å². The summed E-state index contributed by atoms with van der Waals surface area (Å²) >= 11 is 0. The van der Waals surface area contributed by atoms with Gasteiger partial charge in [0.1, 0.15) is 12.6 Å². The highest BCUT2D eigenvalue weighted by molar-refractivity contribution is 5.79. The summed E-state index contributed by atoms with van der Waals surface area (Å²) in [7, 11) is 0. The molecule has 2 N–H and O–H groups in total. The van der Waals surface area contributed by atoms with Gasteiger partial charge in [0, 0.05) is 13.0 Å². The maximum absolute atomic E-state index is 12.2. The van der Waals surface area contributed by atoms with Crippen molar-refractivity contribution in [2.75, 3.05) is 13.1 Å². The Morgan fingerprint density at radius 1 is 1.35 bits per heavy atom. The summed E-state index contributed by atoms with van der Waals surface area (Å²) in [4.78, 5) is 19.9. The SMILES string of the molecule is N#C[C@@H]1CCCN1C(=O)CNOC12C[C@@H]3C[C@@H](CC(O)(C3)C1)C2. The first-order chi connectivity index (χ1) is 11.0. The molecule has 0 spiro atoms. The molecular formula is C17H25N3O3. The quantitative estimate of drug-likeness (QED) is 0.758. The highest BCUT2D eigenvalue weighted by Gasteiger charge is 2.58. The first kappa shape index (κ1) is 15.4. The van der Waals surface area contributed by atoms with Gasteiger partial charge in [0.15, 0.2) is 0 Å². The fourth-order valence-electron chi connectivity index (χ4n) is 5.80. The standard InChI is InChI=1S/C17H25N3O3/c18-9-14-2-1-3-20(14)15(21)10-19-23-17-7-12-4-13(8-17)6-16(22,5-12)11-17/h12-14,19,22H,1-8,10-11H2/t12-,13+,14-,16?,17?/m0/s1. The Bertz CT molecular complexity index is 530. The van der Waals surface area contributed by atoms with Crippen LogP contribution in [0.15, 0.2) is 0 Å². The zero-order valence-corrected chi connectivity index (χ0v) is 13.5. The molecule has 1 heterocycles. The van der Waals surface area contributed by atoms with Gasteiger partial charge in [-0.3, -0.25) is 9.63 Å². The lowest BCUT2D eigenvalue weighted by molar-refractivity contribution is -0.241. The minimum Gasteiger partial charge on any atom is -0.390 e. The number of rotatable bonds is 4. The predicted octanol–water partition coefficient (Wildman–Crippen LogP) is 1.11. The summed E-state index contributed by atoms with van der Waals surface area (Å²) in [5.74, 6) is 1.04. The van der Waals surface area contributed by atoms with Crippen molar-refractivity contribution < 1.29 is 14.7 Å². The molecule has 5 aliphatic rings. The molecule has 1 amide bonds. The molecule has 6 heteroatoms. The second kappa shape index (κ2) is 5.44. The Labute approximate surface area is 136 Å². The summed E-state index contributed by atoms with van der Waals surface area (Å²) in [5, 5.41) is 19.8. The first-order valence-corrected chi connectivity index (χ1v) is 8.83. The van der Waals surface area contributed by atoms with E-state index in [0.29, 0.717) is 24.8 Å². The van der Waals surface area contributed by atoms with Crippen LogP contribution in [0.3, 0.4) is 0 Å². The predicted molar refractivity (Wildman–Crippen MR) is 81.8 cm³/mol. The molecule has 4 bridgehead atoms. The van der Waals surface area contributed by atoms with Gasteiger partial charge in [-0.2, -0.15) is 10.7 Å². The lowest BCUT2D eigenvalue weighted by Crippen LogP contribution is -2.61. The highest BCUT2D eigenvalue weighted by Crippen LogP contribution is 2.58. The van der Waals surface area contributed by atoms with Gasteiger partial charge in [-0.15, -0.1) is 0 Å². The minimum absolute atomic E-state index is 0.0718. The lowest BCUT2D eigenvalue weighted by Gasteiger charge is -2.59. The number of carbonyl (C=O) groups excluding carboxylic acids is 1. The third-order valence-corrected chi connectivity index (χ3v) is 6.21. The third kappa shape index (κ3) is 2.75. The van der Waals surface area contributed by atoms with Crippen LogP contribution in [0.5, 0.6) is 0 Å².